The van der Waals surface area contributed by atoms with Crippen LogP contribution in [-0.2, 0) is 6.18 Å². The summed E-state index contributed by atoms with van der Waals surface area (Å²) in [6, 6.07) is 3.12. The van der Waals surface area contributed by atoms with Gasteiger partial charge in [0, 0.05) is 12.1 Å². The first-order valence-electron chi connectivity index (χ1n) is 5.10. The van der Waals surface area contributed by atoms with Gasteiger partial charge in [0.15, 0.2) is 11.6 Å². The molecule has 2 rings (SSSR count). The second-order valence-electron chi connectivity index (χ2n) is 3.63. The predicted octanol–water partition coefficient (Wildman–Crippen LogP) is 3.15. The fourth-order valence-electron chi connectivity index (χ4n) is 1.29. The van der Waals surface area contributed by atoms with Crippen molar-refractivity contribution in [3.63, 3.8) is 0 Å². The third-order valence-electron chi connectivity index (χ3n) is 2.08. The lowest BCUT2D eigenvalue weighted by Gasteiger charge is -2.09. The maximum Gasteiger partial charge on any atom is 0.451 e. The molecule has 20 heavy (non-hydrogen) atoms. The van der Waals surface area contributed by atoms with Gasteiger partial charge in [0.2, 0.25) is 11.7 Å². The molecule has 0 saturated heterocycles. The molecule has 0 bridgehead atoms. The van der Waals surface area contributed by atoms with E-state index in [1.165, 1.54) is 0 Å². The number of hydrogen-bond donors (Lipinski definition) is 1. The minimum Gasteiger partial charge on any atom is -0.436 e. The molecule has 9 heteroatoms. The topological polar surface area (TPSA) is 61.0 Å². The summed E-state index contributed by atoms with van der Waals surface area (Å²) in [5.74, 6) is -5.09. The minimum absolute atomic E-state index is 0.515. The van der Waals surface area contributed by atoms with Crippen LogP contribution < -0.4 is 10.5 Å². The number of nitrogens with two attached hydrogens (primary N) is 1. The summed E-state index contributed by atoms with van der Waals surface area (Å²) in [7, 11) is 0. The van der Waals surface area contributed by atoms with E-state index >= 15 is 0 Å². The Morgan fingerprint density at radius 3 is 2.40 bits per heavy atom. The molecule has 2 N–H and O–H groups in total. The molecule has 0 aliphatic heterocycles. The molecule has 0 unspecified atom stereocenters. The molecular weight excluding hydrogens is 285 g/mol. The summed E-state index contributed by atoms with van der Waals surface area (Å²) in [4.78, 5) is 6.02. The highest BCUT2D eigenvalue weighted by Gasteiger charge is 2.35. The van der Waals surface area contributed by atoms with Crippen LogP contribution in [0.3, 0.4) is 0 Å². The third kappa shape index (κ3) is 3.11. The maximum atomic E-state index is 13.3. The lowest BCUT2D eigenvalue weighted by molar-refractivity contribution is -0.145. The lowest BCUT2D eigenvalue weighted by Crippen LogP contribution is -2.13. The molecule has 4 nitrogen and oxygen atoms in total. The van der Waals surface area contributed by atoms with Gasteiger partial charge < -0.3 is 10.5 Å². The summed E-state index contributed by atoms with van der Waals surface area (Å²) >= 11 is 0. The van der Waals surface area contributed by atoms with Crippen LogP contribution in [0.25, 0.3) is 0 Å². The second kappa shape index (κ2) is 4.91. The Kier molecular flexibility index (Phi) is 3.43. The molecule has 0 amide bonds. The fourth-order valence-corrected chi connectivity index (χ4v) is 1.29. The van der Waals surface area contributed by atoms with Gasteiger partial charge >= 0.3 is 6.18 Å². The van der Waals surface area contributed by atoms with Gasteiger partial charge in [0.1, 0.15) is 11.6 Å². The van der Waals surface area contributed by atoms with Crippen molar-refractivity contribution in [2.24, 2.45) is 0 Å². The van der Waals surface area contributed by atoms with Gasteiger partial charge in [0.05, 0.1) is 0 Å². The summed E-state index contributed by atoms with van der Waals surface area (Å²) < 4.78 is 68.4. The van der Waals surface area contributed by atoms with Crippen LogP contribution in [0.2, 0.25) is 0 Å². The molecule has 0 aliphatic rings. The van der Waals surface area contributed by atoms with Crippen molar-refractivity contribution in [3.05, 3.63) is 41.7 Å². The molecule has 0 spiro atoms. The van der Waals surface area contributed by atoms with Crippen LogP contribution in [-0.4, -0.2) is 9.97 Å². The van der Waals surface area contributed by atoms with E-state index in [-0.39, 0.29) is 0 Å². The van der Waals surface area contributed by atoms with E-state index in [0.717, 1.165) is 18.2 Å². The maximum absolute atomic E-state index is 13.3. The molecule has 1 aromatic carbocycles. The number of halogens is 5. The summed E-state index contributed by atoms with van der Waals surface area (Å²) in [5, 5.41) is 0. The monoisotopic (exact) mass is 291 g/mol. The lowest BCUT2D eigenvalue weighted by atomic mass is 10.3. The summed E-state index contributed by atoms with van der Waals surface area (Å²) in [6.07, 6.45) is -4.84. The first kappa shape index (κ1) is 14.0. The Hall–Kier alpha value is -2.45. The van der Waals surface area contributed by atoms with Crippen LogP contribution in [0, 0.1) is 11.6 Å². The number of anilines is 1. The van der Waals surface area contributed by atoms with Crippen LogP contribution in [0.1, 0.15) is 5.82 Å². The molecule has 0 saturated carbocycles. The van der Waals surface area contributed by atoms with E-state index in [2.05, 4.69) is 9.97 Å². The number of ether oxygens (including phenoxy) is 1. The molecule has 1 aromatic heterocycles. The fraction of sp³-hybridized carbons (Fsp3) is 0.0909. The highest BCUT2D eigenvalue weighted by atomic mass is 19.4. The average Bonchev–Trinajstić information content (AvgIpc) is 2.32. The van der Waals surface area contributed by atoms with Gasteiger partial charge in [-0.1, -0.05) is 0 Å². The number of aromatic nitrogens is 2. The Bertz CT molecular complexity index is 644. The predicted molar refractivity (Wildman–Crippen MR) is 57.9 cm³/mol. The van der Waals surface area contributed by atoms with E-state index in [1.807, 2.05) is 0 Å². The number of nitrogen functional groups attached to an aromatic ring is 1. The van der Waals surface area contributed by atoms with Gasteiger partial charge in [-0.3, -0.25) is 0 Å². The highest BCUT2D eigenvalue weighted by Crippen LogP contribution is 2.30. The zero-order chi connectivity index (χ0) is 14.9. The Morgan fingerprint density at radius 1 is 1.05 bits per heavy atom. The first-order valence-corrected chi connectivity index (χ1v) is 5.10. The molecule has 106 valence electrons. The van der Waals surface area contributed by atoms with Gasteiger partial charge in [0.25, 0.3) is 0 Å². The van der Waals surface area contributed by atoms with Gasteiger partial charge in [-0.05, 0) is 12.1 Å². The number of alkyl halides is 3. The molecule has 0 radical (unpaired) electrons. The van der Waals surface area contributed by atoms with Crippen molar-refractivity contribution in [1.82, 2.24) is 9.97 Å². The van der Waals surface area contributed by atoms with E-state index in [9.17, 15) is 22.0 Å². The zero-order valence-corrected chi connectivity index (χ0v) is 9.58. The molecule has 1 heterocycles. The van der Waals surface area contributed by atoms with Crippen molar-refractivity contribution in [2.75, 3.05) is 5.73 Å². The molecule has 0 aliphatic carbocycles. The molecular formula is C11H6F5N3O. The van der Waals surface area contributed by atoms with Crippen LogP contribution >= 0.6 is 0 Å². The Morgan fingerprint density at radius 2 is 1.75 bits per heavy atom. The van der Waals surface area contributed by atoms with E-state index in [0.29, 0.717) is 6.07 Å². The quantitative estimate of drug-likeness (QED) is 0.863. The first-order chi connectivity index (χ1) is 9.25. The van der Waals surface area contributed by atoms with Crippen molar-refractivity contribution >= 4 is 5.82 Å². The van der Waals surface area contributed by atoms with E-state index in [4.69, 9.17) is 10.5 Å². The number of benzene rings is 1. The van der Waals surface area contributed by atoms with Gasteiger partial charge in [-0.25, -0.2) is 13.8 Å². The zero-order valence-electron chi connectivity index (χ0n) is 9.58. The van der Waals surface area contributed by atoms with E-state index in [1.54, 1.807) is 0 Å². The smallest absolute Gasteiger partial charge is 0.436 e. The average molecular weight is 291 g/mol. The number of rotatable bonds is 2. The van der Waals surface area contributed by atoms with Crippen LogP contribution in [0.5, 0.6) is 11.6 Å². The SMILES string of the molecule is Nc1cc(Oc2cc(F)ccc2F)nc(C(F)(F)F)n1. The molecule has 0 fully saturated rings. The van der Waals surface area contributed by atoms with Gasteiger partial charge in [-0.15, -0.1) is 0 Å². The van der Waals surface area contributed by atoms with Crippen molar-refractivity contribution < 1.29 is 26.7 Å². The van der Waals surface area contributed by atoms with Crippen molar-refractivity contribution in [3.8, 4) is 11.6 Å². The second-order valence-corrected chi connectivity index (χ2v) is 3.63. The Balaban J connectivity index is 2.39. The molecule has 2 aromatic rings. The third-order valence-corrected chi connectivity index (χ3v) is 2.08. The summed E-state index contributed by atoms with van der Waals surface area (Å²) in [5.41, 5.74) is 5.18. The van der Waals surface area contributed by atoms with Gasteiger partial charge in [-0.2, -0.15) is 18.2 Å². The number of hydrogen-bond acceptors (Lipinski definition) is 4. The standard InChI is InChI=1S/C11H6F5N3O/c12-5-1-2-6(13)7(3-5)20-9-4-8(17)18-10(19-9)11(14,15)16/h1-4H,(H2,17,18,19). The van der Waals surface area contributed by atoms with Crippen molar-refractivity contribution in [2.45, 2.75) is 6.18 Å². The van der Waals surface area contributed by atoms with Crippen LogP contribution in [0.4, 0.5) is 27.8 Å². The minimum atomic E-state index is -4.84. The van der Waals surface area contributed by atoms with Crippen molar-refractivity contribution in [1.29, 1.82) is 0 Å². The van der Waals surface area contributed by atoms with Crippen LogP contribution in [0.15, 0.2) is 24.3 Å². The summed E-state index contributed by atoms with van der Waals surface area (Å²) in [6.45, 7) is 0. The normalized spacial score (nSPS) is 11.4. The highest BCUT2D eigenvalue weighted by molar-refractivity contribution is 5.36. The largest absolute Gasteiger partial charge is 0.451 e. The Labute approximate surface area is 109 Å². The van der Waals surface area contributed by atoms with E-state index < -0.39 is 41.1 Å². The number of nitrogens with zero attached hydrogens (tertiary/aromatic N) is 2. The molecule has 0 atom stereocenters.